The largest absolute Gasteiger partial charge is 0.493 e. The van der Waals surface area contributed by atoms with Crippen LogP contribution in [0.15, 0.2) is 48.5 Å². The van der Waals surface area contributed by atoms with E-state index in [9.17, 15) is 9.59 Å². The molecule has 0 N–H and O–H groups in total. The summed E-state index contributed by atoms with van der Waals surface area (Å²) in [4.78, 5) is 22.4. The summed E-state index contributed by atoms with van der Waals surface area (Å²) in [5.41, 5.74) is 4.94. The third kappa shape index (κ3) is 5.92. The van der Waals surface area contributed by atoms with Gasteiger partial charge in [-0.2, -0.15) is 0 Å². The van der Waals surface area contributed by atoms with E-state index >= 15 is 0 Å². The van der Waals surface area contributed by atoms with Crippen LogP contribution in [-0.4, -0.2) is 32.3 Å². The van der Waals surface area contributed by atoms with Gasteiger partial charge in [0.2, 0.25) is 0 Å². The molecule has 0 amide bonds. The van der Waals surface area contributed by atoms with Gasteiger partial charge in [0.25, 0.3) is 0 Å². The molecule has 6 rings (SSSR count). The van der Waals surface area contributed by atoms with Crippen LogP contribution in [0.3, 0.4) is 0 Å². The van der Waals surface area contributed by atoms with E-state index < -0.39 is 0 Å². The van der Waals surface area contributed by atoms with E-state index in [0.717, 1.165) is 47.5 Å². The number of carbonyl (C=O) groups is 2. The Morgan fingerprint density at radius 2 is 1.51 bits per heavy atom. The first-order chi connectivity index (χ1) is 17.9. The van der Waals surface area contributed by atoms with Crippen molar-refractivity contribution in [3.8, 4) is 16.9 Å². The highest BCUT2D eigenvalue weighted by Crippen LogP contribution is 2.62. The van der Waals surface area contributed by atoms with E-state index in [1.54, 1.807) is 6.08 Å². The molecule has 196 valence electrons. The maximum Gasteiger partial charge on any atom is 0.330 e. The van der Waals surface area contributed by atoms with Gasteiger partial charge in [0.05, 0.1) is 20.3 Å². The van der Waals surface area contributed by atoms with Crippen LogP contribution in [0.1, 0.15) is 69.4 Å². The number of esters is 2. The lowest BCUT2D eigenvalue weighted by Crippen LogP contribution is -2.48. The predicted octanol–water partition coefficient (Wildman–Crippen LogP) is 6.73. The quantitative estimate of drug-likeness (QED) is 0.205. The number of carbonyl (C=O) groups excluding carboxylic acids is 2. The SMILES string of the molecule is COC(=O)C=Cc1ccc(-c2ccc(OCCCCOC(C)=O)c(C34CC5CC(CC(C5)C3)C4)c2)cc1. The van der Waals surface area contributed by atoms with Crippen molar-refractivity contribution in [1.82, 2.24) is 0 Å². The fourth-order valence-corrected chi connectivity index (χ4v) is 7.31. The Morgan fingerprint density at radius 3 is 2.14 bits per heavy atom. The molecule has 0 spiro atoms. The molecule has 0 saturated heterocycles. The van der Waals surface area contributed by atoms with Crippen molar-refractivity contribution in [3.05, 3.63) is 59.7 Å². The molecule has 2 aromatic carbocycles. The topological polar surface area (TPSA) is 61.8 Å². The highest BCUT2D eigenvalue weighted by molar-refractivity contribution is 5.87. The molecule has 0 atom stereocenters. The van der Waals surface area contributed by atoms with Gasteiger partial charge in [0, 0.05) is 18.6 Å². The first-order valence-electron chi connectivity index (χ1n) is 13.7. The van der Waals surface area contributed by atoms with Crippen molar-refractivity contribution >= 4 is 18.0 Å². The van der Waals surface area contributed by atoms with Crippen LogP contribution >= 0.6 is 0 Å². The second-order valence-corrected chi connectivity index (χ2v) is 11.3. The lowest BCUT2D eigenvalue weighted by molar-refractivity contribution is -0.141. The van der Waals surface area contributed by atoms with E-state index in [0.29, 0.717) is 13.2 Å². The minimum Gasteiger partial charge on any atom is -0.493 e. The molecule has 5 heteroatoms. The summed E-state index contributed by atoms with van der Waals surface area (Å²) in [5.74, 6) is 3.00. The van der Waals surface area contributed by atoms with Gasteiger partial charge in [-0.05, 0) is 109 Å². The Bertz CT molecular complexity index is 1110. The third-order valence-corrected chi connectivity index (χ3v) is 8.55. The van der Waals surface area contributed by atoms with Gasteiger partial charge in [-0.3, -0.25) is 4.79 Å². The van der Waals surface area contributed by atoms with E-state index in [1.807, 2.05) is 12.1 Å². The summed E-state index contributed by atoms with van der Waals surface area (Å²) < 4.78 is 16.2. The van der Waals surface area contributed by atoms with Gasteiger partial charge in [-0.1, -0.05) is 30.3 Å². The Morgan fingerprint density at radius 1 is 0.892 bits per heavy atom. The summed E-state index contributed by atoms with van der Waals surface area (Å²) in [5, 5.41) is 0. The molecule has 4 bridgehead atoms. The number of unbranched alkanes of at least 4 members (excludes halogenated alkanes) is 1. The van der Waals surface area contributed by atoms with Crippen molar-refractivity contribution in [3.63, 3.8) is 0 Å². The molecule has 4 fully saturated rings. The standard InChI is InChI=1S/C32H38O5/c1-22(33)36-13-3-4-14-37-30-11-10-28(27-8-5-23(6-9-27)7-12-31(34)35-2)18-29(30)32-19-24-15-25(20-32)17-26(16-24)21-32/h5-12,18,24-26H,3-4,13-17,19-21H2,1-2H3. The summed E-state index contributed by atoms with van der Waals surface area (Å²) in [6, 6.07) is 15.0. The van der Waals surface area contributed by atoms with Crippen molar-refractivity contribution in [2.75, 3.05) is 20.3 Å². The fraction of sp³-hybridized carbons (Fsp3) is 0.500. The molecule has 4 aliphatic rings. The van der Waals surface area contributed by atoms with Crippen LogP contribution in [-0.2, 0) is 24.5 Å². The number of ether oxygens (including phenoxy) is 3. The van der Waals surface area contributed by atoms with Gasteiger partial charge in [0.15, 0.2) is 0 Å². The zero-order valence-electron chi connectivity index (χ0n) is 22.0. The monoisotopic (exact) mass is 502 g/mol. The number of hydrogen-bond donors (Lipinski definition) is 0. The molecular weight excluding hydrogens is 464 g/mol. The fourth-order valence-electron chi connectivity index (χ4n) is 7.31. The highest BCUT2D eigenvalue weighted by atomic mass is 16.5. The first kappa shape index (κ1) is 25.6. The molecule has 4 aliphatic carbocycles. The number of methoxy groups -OCH3 is 1. The maximum absolute atomic E-state index is 11.4. The zero-order valence-corrected chi connectivity index (χ0v) is 22.0. The summed E-state index contributed by atoms with van der Waals surface area (Å²) in [6.45, 7) is 2.52. The maximum atomic E-state index is 11.4. The van der Waals surface area contributed by atoms with Crippen molar-refractivity contribution in [1.29, 1.82) is 0 Å². The minimum absolute atomic E-state index is 0.223. The summed E-state index contributed by atoms with van der Waals surface area (Å²) in [7, 11) is 1.38. The Balaban J connectivity index is 1.38. The predicted molar refractivity (Wildman–Crippen MR) is 144 cm³/mol. The summed E-state index contributed by atoms with van der Waals surface area (Å²) >= 11 is 0. The Labute approximate surface area is 220 Å². The molecule has 37 heavy (non-hydrogen) atoms. The van der Waals surface area contributed by atoms with Crippen LogP contribution in [0.25, 0.3) is 17.2 Å². The Kier molecular flexibility index (Phi) is 7.68. The first-order valence-corrected chi connectivity index (χ1v) is 13.7. The summed E-state index contributed by atoms with van der Waals surface area (Å²) in [6.07, 6.45) is 12.9. The average Bonchev–Trinajstić information content (AvgIpc) is 2.88. The third-order valence-electron chi connectivity index (χ3n) is 8.55. The molecule has 0 heterocycles. The van der Waals surface area contributed by atoms with Gasteiger partial charge in [-0.25, -0.2) is 4.79 Å². The normalized spacial score (nSPS) is 25.8. The van der Waals surface area contributed by atoms with Crippen LogP contribution in [0, 0.1) is 17.8 Å². The highest BCUT2D eigenvalue weighted by Gasteiger charge is 2.52. The average molecular weight is 503 g/mol. The lowest BCUT2D eigenvalue weighted by Gasteiger charge is -2.57. The molecule has 5 nitrogen and oxygen atoms in total. The van der Waals surface area contributed by atoms with E-state index in [4.69, 9.17) is 9.47 Å². The zero-order chi connectivity index (χ0) is 25.8. The van der Waals surface area contributed by atoms with E-state index in [1.165, 1.54) is 69.8 Å². The van der Waals surface area contributed by atoms with Crippen LogP contribution in [0.5, 0.6) is 5.75 Å². The van der Waals surface area contributed by atoms with Crippen molar-refractivity contribution < 1.29 is 23.8 Å². The van der Waals surface area contributed by atoms with Crippen LogP contribution in [0.2, 0.25) is 0 Å². The number of rotatable bonds is 10. The van der Waals surface area contributed by atoms with Gasteiger partial charge >= 0.3 is 11.9 Å². The molecule has 2 aromatic rings. The van der Waals surface area contributed by atoms with Gasteiger partial charge < -0.3 is 14.2 Å². The molecule has 0 radical (unpaired) electrons. The van der Waals surface area contributed by atoms with Crippen molar-refractivity contribution in [2.45, 2.75) is 63.7 Å². The second-order valence-electron chi connectivity index (χ2n) is 11.3. The Hall–Kier alpha value is -3.08. The molecule has 0 unspecified atom stereocenters. The number of hydrogen-bond acceptors (Lipinski definition) is 5. The van der Waals surface area contributed by atoms with E-state index in [-0.39, 0.29) is 17.4 Å². The van der Waals surface area contributed by atoms with Crippen LogP contribution < -0.4 is 4.74 Å². The minimum atomic E-state index is -0.355. The molecular formula is C32H38O5. The second kappa shape index (κ2) is 11.1. The smallest absolute Gasteiger partial charge is 0.330 e. The van der Waals surface area contributed by atoms with Gasteiger partial charge in [-0.15, -0.1) is 0 Å². The lowest BCUT2D eigenvalue weighted by atomic mass is 9.48. The van der Waals surface area contributed by atoms with Gasteiger partial charge in [0.1, 0.15) is 5.75 Å². The molecule has 4 saturated carbocycles. The van der Waals surface area contributed by atoms with E-state index in [2.05, 4.69) is 35.1 Å². The number of benzene rings is 2. The van der Waals surface area contributed by atoms with Crippen molar-refractivity contribution in [2.24, 2.45) is 17.8 Å². The molecule has 0 aliphatic heterocycles. The molecule has 0 aromatic heterocycles. The van der Waals surface area contributed by atoms with Crippen LogP contribution in [0.4, 0.5) is 0 Å².